The zero-order valence-corrected chi connectivity index (χ0v) is 13.5. The van der Waals surface area contributed by atoms with Crippen LogP contribution in [0.2, 0.25) is 0 Å². The van der Waals surface area contributed by atoms with Gasteiger partial charge in [-0.3, -0.25) is 0 Å². The number of hydrogen-bond acceptors (Lipinski definition) is 2. The summed E-state index contributed by atoms with van der Waals surface area (Å²) in [7, 11) is 1.59. The third-order valence-electron chi connectivity index (χ3n) is 2.74. The summed E-state index contributed by atoms with van der Waals surface area (Å²) in [4.78, 5) is 11.3. The first-order valence-electron chi connectivity index (χ1n) is 5.85. The molecule has 0 fully saturated rings. The fourth-order valence-electron chi connectivity index (χ4n) is 1.75. The van der Waals surface area contributed by atoms with Crippen molar-refractivity contribution in [3.63, 3.8) is 0 Å². The van der Waals surface area contributed by atoms with Crippen LogP contribution >= 0.6 is 0 Å². The Balaban J connectivity index is 0.00000200. The van der Waals surface area contributed by atoms with Gasteiger partial charge in [0, 0.05) is 29.6 Å². The second kappa shape index (κ2) is 7.90. The maximum Gasteiger partial charge on any atom is 0.336 e. The molecule has 0 unspecified atom stereocenters. The fraction of sp³-hybridized carbons (Fsp3) is 0.0625. The molecule has 0 atom stereocenters. The van der Waals surface area contributed by atoms with Crippen LogP contribution in [0.25, 0.3) is 11.6 Å². The third-order valence-corrected chi connectivity index (χ3v) is 2.74. The van der Waals surface area contributed by atoms with E-state index in [0.29, 0.717) is 5.56 Å². The molecule has 0 aliphatic carbocycles. The van der Waals surface area contributed by atoms with E-state index in [1.54, 1.807) is 37.5 Å². The van der Waals surface area contributed by atoms with Crippen molar-refractivity contribution in [1.82, 2.24) is 0 Å². The zero-order chi connectivity index (χ0) is 13.7. The standard InChI is InChI=1S/C16H14O3.Na/c1-19-14-9-7-12(8-10-14)11-15(16(17)18)13-5-3-2-4-6-13;/h2-11H,1H3,(H,17,18);. The van der Waals surface area contributed by atoms with Gasteiger partial charge in [-0.2, -0.15) is 0 Å². The molecule has 0 saturated heterocycles. The first-order chi connectivity index (χ1) is 9.20. The molecular formula is C16H14NaO3. The van der Waals surface area contributed by atoms with Gasteiger partial charge in [0.25, 0.3) is 0 Å². The van der Waals surface area contributed by atoms with Crippen LogP contribution in [-0.4, -0.2) is 47.7 Å². The van der Waals surface area contributed by atoms with Crippen LogP contribution < -0.4 is 4.74 Å². The van der Waals surface area contributed by atoms with Gasteiger partial charge in [-0.15, -0.1) is 0 Å². The molecule has 20 heavy (non-hydrogen) atoms. The molecule has 0 saturated carbocycles. The first-order valence-corrected chi connectivity index (χ1v) is 5.85. The summed E-state index contributed by atoms with van der Waals surface area (Å²) >= 11 is 0. The summed E-state index contributed by atoms with van der Waals surface area (Å²) in [5.41, 5.74) is 1.78. The molecule has 97 valence electrons. The van der Waals surface area contributed by atoms with E-state index >= 15 is 0 Å². The van der Waals surface area contributed by atoms with Crippen molar-refractivity contribution in [1.29, 1.82) is 0 Å². The Bertz CT molecular complexity index is 589. The molecule has 0 aliphatic rings. The second-order valence-corrected chi connectivity index (χ2v) is 4.00. The Morgan fingerprint density at radius 2 is 1.65 bits per heavy atom. The Morgan fingerprint density at radius 3 is 2.15 bits per heavy atom. The number of carboxylic acid groups (broad SMARTS) is 1. The van der Waals surface area contributed by atoms with Crippen molar-refractivity contribution in [2.75, 3.05) is 7.11 Å². The molecule has 0 spiro atoms. The molecule has 0 amide bonds. The van der Waals surface area contributed by atoms with E-state index in [0.717, 1.165) is 11.3 Å². The second-order valence-electron chi connectivity index (χ2n) is 4.00. The Labute approximate surface area is 140 Å². The molecule has 2 aromatic carbocycles. The van der Waals surface area contributed by atoms with Crippen LogP contribution in [0.4, 0.5) is 0 Å². The number of rotatable bonds is 4. The van der Waals surface area contributed by atoms with Gasteiger partial charge in [0.05, 0.1) is 12.7 Å². The summed E-state index contributed by atoms with van der Waals surface area (Å²) < 4.78 is 5.07. The molecule has 4 heteroatoms. The quantitative estimate of drug-likeness (QED) is 0.531. The van der Waals surface area contributed by atoms with E-state index in [1.165, 1.54) is 0 Å². The van der Waals surface area contributed by atoms with Crippen LogP contribution in [0, 0.1) is 0 Å². The Morgan fingerprint density at radius 1 is 1.05 bits per heavy atom. The van der Waals surface area contributed by atoms with E-state index in [4.69, 9.17) is 4.74 Å². The Hall–Kier alpha value is -1.55. The molecule has 2 rings (SSSR count). The number of carbonyl (C=O) groups is 1. The predicted molar refractivity (Wildman–Crippen MR) is 80.7 cm³/mol. The molecule has 3 nitrogen and oxygen atoms in total. The molecular weight excluding hydrogens is 263 g/mol. The van der Waals surface area contributed by atoms with Crippen molar-refractivity contribution in [2.24, 2.45) is 0 Å². The van der Waals surface area contributed by atoms with Gasteiger partial charge in [0.15, 0.2) is 0 Å². The smallest absolute Gasteiger partial charge is 0.336 e. The van der Waals surface area contributed by atoms with E-state index < -0.39 is 5.97 Å². The number of ether oxygens (including phenoxy) is 1. The van der Waals surface area contributed by atoms with Crippen LogP contribution in [0.15, 0.2) is 54.6 Å². The van der Waals surface area contributed by atoms with Crippen LogP contribution in [0.5, 0.6) is 5.75 Å². The number of hydrogen-bond donors (Lipinski definition) is 1. The van der Waals surface area contributed by atoms with Crippen molar-refractivity contribution in [3.8, 4) is 5.75 Å². The van der Waals surface area contributed by atoms with Gasteiger partial charge in [-0.05, 0) is 29.3 Å². The minimum atomic E-state index is -0.943. The van der Waals surface area contributed by atoms with Gasteiger partial charge in [-0.1, -0.05) is 42.5 Å². The average Bonchev–Trinajstić information content (AvgIpc) is 2.46. The van der Waals surface area contributed by atoms with Crippen molar-refractivity contribution in [2.45, 2.75) is 0 Å². The van der Waals surface area contributed by atoms with Crippen molar-refractivity contribution >= 4 is 47.2 Å². The number of aliphatic carboxylic acids is 1. The number of benzene rings is 2. The Kier molecular flexibility index (Phi) is 6.52. The molecule has 2 aromatic rings. The van der Waals surface area contributed by atoms with Crippen molar-refractivity contribution in [3.05, 3.63) is 65.7 Å². The van der Waals surface area contributed by atoms with Gasteiger partial charge >= 0.3 is 5.97 Å². The summed E-state index contributed by atoms with van der Waals surface area (Å²) in [5, 5.41) is 9.30. The van der Waals surface area contributed by atoms with Crippen molar-refractivity contribution < 1.29 is 14.6 Å². The molecule has 0 aromatic heterocycles. The van der Waals surface area contributed by atoms with E-state index in [2.05, 4.69) is 0 Å². The number of methoxy groups -OCH3 is 1. The summed E-state index contributed by atoms with van der Waals surface area (Å²) in [6.07, 6.45) is 1.65. The zero-order valence-electron chi connectivity index (χ0n) is 11.5. The largest absolute Gasteiger partial charge is 0.497 e. The molecule has 1 radical (unpaired) electrons. The molecule has 1 N–H and O–H groups in total. The minimum absolute atomic E-state index is 0. The monoisotopic (exact) mass is 277 g/mol. The van der Waals surface area contributed by atoms with E-state index in [-0.39, 0.29) is 35.1 Å². The van der Waals surface area contributed by atoms with E-state index in [1.807, 2.05) is 30.3 Å². The topological polar surface area (TPSA) is 46.5 Å². The van der Waals surface area contributed by atoms with Gasteiger partial charge in [-0.25, -0.2) is 4.79 Å². The summed E-state index contributed by atoms with van der Waals surface area (Å²) in [5.74, 6) is -0.198. The molecule has 0 bridgehead atoms. The fourth-order valence-corrected chi connectivity index (χ4v) is 1.75. The van der Waals surface area contributed by atoms with Crippen LogP contribution in [-0.2, 0) is 4.79 Å². The van der Waals surface area contributed by atoms with Crippen LogP contribution in [0.1, 0.15) is 11.1 Å². The summed E-state index contributed by atoms with van der Waals surface area (Å²) in [6, 6.07) is 16.3. The SMILES string of the molecule is COc1ccc(C=C(C(=O)O)c2ccccc2)cc1.[Na]. The van der Waals surface area contributed by atoms with E-state index in [9.17, 15) is 9.90 Å². The predicted octanol–water partition coefficient (Wildman–Crippen LogP) is 2.94. The van der Waals surface area contributed by atoms with Gasteiger partial charge in [0.1, 0.15) is 5.75 Å². The maximum absolute atomic E-state index is 11.3. The number of carboxylic acids is 1. The normalized spacial score (nSPS) is 10.6. The average molecular weight is 277 g/mol. The summed E-state index contributed by atoms with van der Waals surface area (Å²) in [6.45, 7) is 0. The van der Waals surface area contributed by atoms with Gasteiger partial charge in [0.2, 0.25) is 0 Å². The molecule has 0 aliphatic heterocycles. The van der Waals surface area contributed by atoms with Gasteiger partial charge < -0.3 is 9.84 Å². The molecule has 0 heterocycles. The maximum atomic E-state index is 11.3. The first kappa shape index (κ1) is 16.5. The third kappa shape index (κ3) is 4.23. The van der Waals surface area contributed by atoms with Crippen LogP contribution in [0.3, 0.4) is 0 Å². The minimum Gasteiger partial charge on any atom is -0.497 e.